The minimum Gasteiger partial charge on any atom is -0.356 e. The number of anilines is 1. The largest absolute Gasteiger partial charge is 0.356 e. The quantitative estimate of drug-likeness (QED) is 0.478. The van der Waals surface area contributed by atoms with E-state index in [0.29, 0.717) is 0 Å². The molecule has 1 unspecified atom stereocenters. The summed E-state index contributed by atoms with van der Waals surface area (Å²) in [7, 11) is 1.33. The van der Waals surface area contributed by atoms with Crippen molar-refractivity contribution in [1.29, 1.82) is 0 Å². The summed E-state index contributed by atoms with van der Waals surface area (Å²) in [4.78, 5) is 0. The Balaban J connectivity index is 2.73. The molecule has 0 spiro atoms. The number of alkyl halides is 3. The van der Waals surface area contributed by atoms with E-state index in [1.165, 1.54) is 14.2 Å². The second-order valence-corrected chi connectivity index (χ2v) is 6.88. The zero-order valence-electron chi connectivity index (χ0n) is 9.77. The summed E-state index contributed by atoms with van der Waals surface area (Å²) in [6, 6.07) is 9.25. The molecule has 0 amide bonds. The van der Waals surface area contributed by atoms with E-state index in [9.17, 15) is 0 Å². The van der Waals surface area contributed by atoms with Gasteiger partial charge in [-0.15, -0.1) is 0 Å². The molecule has 1 atom stereocenters. The summed E-state index contributed by atoms with van der Waals surface area (Å²) in [6.45, 7) is 0. The summed E-state index contributed by atoms with van der Waals surface area (Å²) < 4.78 is 13.7. The SMILES string of the molecule is COP(OC)OC(Nc1ccccc1)C(Cl)(Cl)Cl. The van der Waals surface area contributed by atoms with Crippen molar-refractivity contribution in [3.05, 3.63) is 30.3 Å². The minimum atomic E-state index is -1.66. The molecule has 102 valence electrons. The van der Waals surface area contributed by atoms with Crippen LogP contribution >= 0.6 is 43.4 Å². The maximum Gasteiger partial charge on any atom is 0.334 e. The van der Waals surface area contributed by atoms with E-state index >= 15 is 0 Å². The fraction of sp³-hybridized carbons (Fsp3) is 0.400. The molecule has 0 heterocycles. The van der Waals surface area contributed by atoms with Crippen molar-refractivity contribution >= 4 is 49.1 Å². The lowest BCUT2D eigenvalue weighted by atomic mass is 10.3. The molecule has 0 aliphatic heterocycles. The van der Waals surface area contributed by atoms with Gasteiger partial charge in [-0.3, -0.25) is 4.52 Å². The highest BCUT2D eigenvalue weighted by molar-refractivity contribution is 7.41. The number of rotatable bonds is 6. The Kier molecular flexibility index (Phi) is 6.96. The number of hydrogen-bond acceptors (Lipinski definition) is 4. The van der Waals surface area contributed by atoms with Crippen LogP contribution in [0.15, 0.2) is 30.3 Å². The van der Waals surface area contributed by atoms with Gasteiger partial charge >= 0.3 is 8.60 Å². The summed E-state index contributed by atoms with van der Waals surface area (Å²) >= 11 is 17.5. The predicted molar refractivity (Wildman–Crippen MR) is 76.2 cm³/mol. The first kappa shape index (κ1) is 16.3. The average molecular weight is 333 g/mol. The number of halogens is 3. The van der Waals surface area contributed by atoms with Crippen LogP contribution in [0.1, 0.15) is 0 Å². The van der Waals surface area contributed by atoms with Gasteiger partial charge in [0.05, 0.1) is 0 Å². The van der Waals surface area contributed by atoms with E-state index in [2.05, 4.69) is 5.32 Å². The topological polar surface area (TPSA) is 39.7 Å². The molecular formula is C10H13Cl3NO3P. The lowest BCUT2D eigenvalue weighted by molar-refractivity contribution is 0.163. The minimum absolute atomic E-state index is 0.760. The molecule has 8 heteroatoms. The monoisotopic (exact) mass is 331 g/mol. The van der Waals surface area contributed by atoms with Crippen molar-refractivity contribution in [1.82, 2.24) is 0 Å². The molecular weight excluding hydrogens is 319 g/mol. The lowest BCUT2D eigenvalue weighted by Gasteiger charge is -2.28. The summed E-state index contributed by atoms with van der Waals surface area (Å²) in [5.41, 5.74) is 0.760. The van der Waals surface area contributed by atoms with Gasteiger partial charge in [-0.2, -0.15) is 0 Å². The zero-order valence-corrected chi connectivity index (χ0v) is 12.9. The van der Waals surface area contributed by atoms with Crippen molar-refractivity contribution < 1.29 is 13.6 Å². The van der Waals surface area contributed by atoms with Gasteiger partial charge in [-0.1, -0.05) is 53.0 Å². The van der Waals surface area contributed by atoms with Crippen LogP contribution in [0, 0.1) is 0 Å². The van der Waals surface area contributed by atoms with Gasteiger partial charge in [0.15, 0.2) is 6.23 Å². The van der Waals surface area contributed by atoms with E-state index in [1.807, 2.05) is 30.3 Å². The van der Waals surface area contributed by atoms with Crippen molar-refractivity contribution in [3.63, 3.8) is 0 Å². The first-order valence-electron chi connectivity index (χ1n) is 4.90. The van der Waals surface area contributed by atoms with Crippen molar-refractivity contribution in [2.45, 2.75) is 10.0 Å². The molecule has 0 aliphatic carbocycles. The van der Waals surface area contributed by atoms with Crippen molar-refractivity contribution in [2.75, 3.05) is 19.5 Å². The van der Waals surface area contributed by atoms with E-state index in [1.54, 1.807) is 0 Å². The Hall–Kier alpha value is 0.200. The molecule has 0 saturated heterocycles. The smallest absolute Gasteiger partial charge is 0.334 e. The molecule has 1 aromatic rings. The zero-order chi connectivity index (χ0) is 13.6. The maximum absolute atomic E-state index is 5.85. The van der Waals surface area contributed by atoms with Gasteiger partial charge in [-0.05, 0) is 12.1 Å². The second kappa shape index (κ2) is 7.71. The third-order valence-corrected chi connectivity index (χ3v) is 3.43. The van der Waals surface area contributed by atoms with Crippen molar-refractivity contribution in [3.8, 4) is 0 Å². The highest BCUT2D eigenvalue weighted by Crippen LogP contribution is 2.44. The third-order valence-electron chi connectivity index (χ3n) is 1.86. The Morgan fingerprint density at radius 3 is 2.11 bits per heavy atom. The standard InChI is InChI=1S/C10H13Cl3NO3P/c1-15-18(16-2)17-9(10(11,12)13)14-8-6-4-3-5-7-8/h3-7,9,14H,1-2H3. The van der Waals surface area contributed by atoms with Crippen LogP contribution in [0.4, 0.5) is 5.69 Å². The molecule has 4 nitrogen and oxygen atoms in total. The normalized spacial score (nSPS) is 13.7. The van der Waals surface area contributed by atoms with Crippen LogP contribution in [0.25, 0.3) is 0 Å². The molecule has 18 heavy (non-hydrogen) atoms. The van der Waals surface area contributed by atoms with Crippen LogP contribution in [-0.2, 0) is 13.6 Å². The Bertz CT molecular complexity index is 346. The third kappa shape index (κ3) is 5.45. The Morgan fingerprint density at radius 1 is 1.11 bits per heavy atom. The molecule has 0 radical (unpaired) electrons. The summed E-state index contributed by atoms with van der Waals surface area (Å²) in [6.07, 6.45) is -0.893. The van der Waals surface area contributed by atoms with Crippen molar-refractivity contribution in [2.24, 2.45) is 0 Å². The first-order valence-corrected chi connectivity index (χ1v) is 7.13. The summed E-state index contributed by atoms with van der Waals surface area (Å²) in [5.74, 6) is 0. The Labute approximate surface area is 122 Å². The molecule has 0 bridgehead atoms. The van der Waals surface area contributed by atoms with Crippen LogP contribution in [0.2, 0.25) is 0 Å². The molecule has 1 rings (SSSR count). The van der Waals surface area contributed by atoms with E-state index in [0.717, 1.165) is 5.69 Å². The van der Waals surface area contributed by atoms with E-state index < -0.39 is 18.6 Å². The maximum atomic E-state index is 5.85. The second-order valence-electron chi connectivity index (χ2n) is 3.13. The highest BCUT2D eigenvalue weighted by Gasteiger charge is 2.36. The fourth-order valence-electron chi connectivity index (χ4n) is 1.10. The number of nitrogens with one attached hydrogen (secondary N) is 1. The molecule has 0 fully saturated rings. The van der Waals surface area contributed by atoms with Gasteiger partial charge in [-0.25, -0.2) is 0 Å². The summed E-state index contributed by atoms with van der Waals surface area (Å²) in [5, 5.41) is 2.96. The number of para-hydroxylation sites is 1. The van der Waals surface area contributed by atoms with Crippen LogP contribution in [0.5, 0.6) is 0 Å². The van der Waals surface area contributed by atoms with Gasteiger partial charge in [0.2, 0.25) is 3.79 Å². The fourth-order valence-corrected chi connectivity index (χ4v) is 2.29. The highest BCUT2D eigenvalue weighted by atomic mass is 35.6. The van der Waals surface area contributed by atoms with Gasteiger partial charge < -0.3 is 14.4 Å². The van der Waals surface area contributed by atoms with Crippen LogP contribution in [-0.4, -0.2) is 24.2 Å². The molecule has 0 aromatic heterocycles. The van der Waals surface area contributed by atoms with Crippen LogP contribution in [0.3, 0.4) is 0 Å². The van der Waals surface area contributed by atoms with E-state index in [-0.39, 0.29) is 0 Å². The predicted octanol–water partition coefficient (Wildman–Crippen LogP) is 4.33. The Morgan fingerprint density at radius 2 is 1.67 bits per heavy atom. The lowest BCUT2D eigenvalue weighted by Crippen LogP contribution is -2.35. The van der Waals surface area contributed by atoms with Crippen LogP contribution < -0.4 is 5.32 Å². The van der Waals surface area contributed by atoms with E-state index in [4.69, 9.17) is 48.4 Å². The van der Waals surface area contributed by atoms with Gasteiger partial charge in [0, 0.05) is 19.9 Å². The molecule has 1 aromatic carbocycles. The number of benzene rings is 1. The molecule has 0 aliphatic rings. The average Bonchev–Trinajstić information content (AvgIpc) is 2.34. The van der Waals surface area contributed by atoms with Gasteiger partial charge in [0.1, 0.15) is 0 Å². The molecule has 1 N–H and O–H groups in total. The number of hydrogen-bond donors (Lipinski definition) is 1. The first-order chi connectivity index (χ1) is 8.47. The van der Waals surface area contributed by atoms with Gasteiger partial charge in [0.25, 0.3) is 0 Å². The molecule has 0 saturated carbocycles.